The highest BCUT2D eigenvalue weighted by atomic mass is 16.4. The molecule has 0 bridgehead atoms. The number of carboxylic acid groups (broad SMARTS) is 1. The van der Waals surface area contributed by atoms with Gasteiger partial charge in [-0.05, 0) is 111 Å². The minimum atomic E-state index is -1.17. The average molecular weight is 622 g/mol. The second-order valence-corrected chi connectivity index (χ2v) is 14.7. The number of aliphatic hydroxyl groups is 3. The van der Waals surface area contributed by atoms with Crippen molar-refractivity contribution >= 4 is 23.7 Å². The van der Waals surface area contributed by atoms with Crippen molar-refractivity contribution in [1.82, 2.24) is 10.6 Å². The zero-order chi connectivity index (χ0) is 32.4. The Bertz CT molecular complexity index is 1090. The first-order valence-electron chi connectivity index (χ1n) is 16.6. The van der Waals surface area contributed by atoms with Crippen molar-refractivity contribution in [3.63, 3.8) is 0 Å². The maximum atomic E-state index is 12.7. The molecule has 2 amide bonds. The van der Waals surface area contributed by atoms with Gasteiger partial charge in [-0.1, -0.05) is 20.8 Å². The summed E-state index contributed by atoms with van der Waals surface area (Å²) >= 11 is 0. The first kappa shape index (κ1) is 34.4. The first-order valence-corrected chi connectivity index (χ1v) is 16.6. The van der Waals surface area contributed by atoms with Gasteiger partial charge in [0.25, 0.3) is 0 Å². The van der Waals surface area contributed by atoms with Gasteiger partial charge in [0.05, 0.1) is 24.9 Å². The van der Waals surface area contributed by atoms with E-state index in [9.17, 15) is 34.8 Å². The topological polar surface area (TPSA) is 221 Å². The van der Waals surface area contributed by atoms with Crippen LogP contribution in [0.5, 0.6) is 0 Å². The predicted octanol–water partition coefficient (Wildman–Crippen LogP) is 1.10. The van der Waals surface area contributed by atoms with Crippen molar-refractivity contribution < 1.29 is 34.8 Å². The van der Waals surface area contributed by atoms with E-state index in [4.69, 9.17) is 11.5 Å². The fraction of sp³-hybridized carbons (Fsp3) is 0.875. The van der Waals surface area contributed by atoms with Crippen molar-refractivity contribution in [2.45, 2.75) is 116 Å². The lowest BCUT2D eigenvalue weighted by molar-refractivity contribution is -0.207. The standard InChI is InChI=1S/C32H55N5O7/c1-17(6-9-26(41)36-16-27(42)37-23(29(43)44)5-4-12-35-30(33)34)20-7-8-21-28-22(15-25(40)32(20,21)3)31(2)11-10-19(38)13-18(31)14-24(28)39/h17-25,28,38-40H,4-16H2,1-3H3,(H,36,41)(H,37,42)(H,43,44)(H4,33,34,35). The molecule has 44 heavy (non-hydrogen) atoms. The van der Waals surface area contributed by atoms with Crippen LogP contribution in [0.1, 0.15) is 91.4 Å². The zero-order valence-corrected chi connectivity index (χ0v) is 26.6. The first-order chi connectivity index (χ1) is 20.7. The number of nitrogens with zero attached hydrogens (tertiary/aromatic N) is 1. The van der Waals surface area contributed by atoms with Gasteiger partial charge in [-0.15, -0.1) is 0 Å². The van der Waals surface area contributed by atoms with Crippen LogP contribution in [-0.2, 0) is 14.4 Å². The Labute approximate surface area is 260 Å². The molecule has 4 rings (SSSR count). The fourth-order valence-electron chi connectivity index (χ4n) is 9.97. The van der Waals surface area contributed by atoms with Gasteiger partial charge in [-0.25, -0.2) is 4.79 Å². The summed E-state index contributed by atoms with van der Waals surface area (Å²) in [6.45, 7) is 6.59. The number of carboxylic acids is 1. The Morgan fingerprint density at radius 3 is 2.39 bits per heavy atom. The van der Waals surface area contributed by atoms with Crippen LogP contribution in [0.3, 0.4) is 0 Å². The average Bonchev–Trinajstić information content (AvgIpc) is 3.31. The Hall–Kier alpha value is -2.44. The van der Waals surface area contributed by atoms with Gasteiger partial charge in [0.15, 0.2) is 5.96 Å². The number of rotatable bonds is 12. The molecule has 250 valence electrons. The lowest BCUT2D eigenvalue weighted by Gasteiger charge is -2.63. The number of nitrogens with two attached hydrogens (primary N) is 2. The van der Waals surface area contributed by atoms with Crippen LogP contribution in [0.4, 0.5) is 0 Å². The number of carbonyl (C=O) groups is 3. The summed E-state index contributed by atoms with van der Waals surface area (Å²) in [5.41, 5.74) is 10.2. The van der Waals surface area contributed by atoms with Crippen LogP contribution < -0.4 is 22.1 Å². The summed E-state index contributed by atoms with van der Waals surface area (Å²) in [5.74, 6) is -0.883. The van der Waals surface area contributed by atoms with E-state index in [1.807, 2.05) is 0 Å². The summed E-state index contributed by atoms with van der Waals surface area (Å²) < 4.78 is 0. The molecule has 4 fully saturated rings. The molecule has 0 aromatic heterocycles. The second-order valence-electron chi connectivity index (χ2n) is 14.7. The molecule has 4 aliphatic rings. The van der Waals surface area contributed by atoms with Gasteiger partial charge in [-0.2, -0.15) is 0 Å². The summed E-state index contributed by atoms with van der Waals surface area (Å²) in [4.78, 5) is 40.3. The predicted molar refractivity (Wildman–Crippen MR) is 165 cm³/mol. The molecular weight excluding hydrogens is 566 g/mol. The molecule has 0 heterocycles. The van der Waals surface area contributed by atoms with Gasteiger partial charge >= 0.3 is 5.97 Å². The lowest BCUT2D eigenvalue weighted by Crippen LogP contribution is -2.62. The summed E-state index contributed by atoms with van der Waals surface area (Å²) in [6.07, 6.45) is 5.88. The quantitative estimate of drug-likeness (QED) is 0.0887. The molecule has 12 unspecified atom stereocenters. The van der Waals surface area contributed by atoms with E-state index in [0.29, 0.717) is 19.3 Å². The molecule has 12 atom stereocenters. The van der Waals surface area contributed by atoms with Crippen molar-refractivity contribution in [3.05, 3.63) is 0 Å². The molecule has 12 nitrogen and oxygen atoms in total. The van der Waals surface area contributed by atoms with Gasteiger partial charge in [0, 0.05) is 13.0 Å². The van der Waals surface area contributed by atoms with E-state index < -0.39 is 30.1 Å². The third-order valence-electron chi connectivity index (χ3n) is 12.4. The number of aliphatic imine (C=N–C) groups is 1. The van der Waals surface area contributed by atoms with E-state index >= 15 is 0 Å². The van der Waals surface area contributed by atoms with Crippen LogP contribution in [0.15, 0.2) is 4.99 Å². The third kappa shape index (κ3) is 7.02. The Balaban J connectivity index is 1.29. The summed E-state index contributed by atoms with van der Waals surface area (Å²) in [7, 11) is 0. The molecule has 0 aromatic rings. The third-order valence-corrected chi connectivity index (χ3v) is 12.4. The number of guanidine groups is 1. The maximum absolute atomic E-state index is 12.7. The van der Waals surface area contributed by atoms with Crippen LogP contribution in [0.25, 0.3) is 0 Å². The number of aliphatic carboxylic acids is 1. The maximum Gasteiger partial charge on any atom is 0.326 e. The van der Waals surface area contributed by atoms with Gasteiger partial charge < -0.3 is 42.5 Å². The van der Waals surface area contributed by atoms with Gasteiger partial charge in [-0.3, -0.25) is 14.6 Å². The normalized spacial score (nSPS) is 39.1. The molecule has 4 saturated carbocycles. The second kappa shape index (κ2) is 13.9. The molecule has 0 spiro atoms. The highest BCUT2D eigenvalue weighted by Gasteiger charge is 2.65. The summed E-state index contributed by atoms with van der Waals surface area (Å²) in [6, 6.07) is -1.10. The molecule has 4 aliphatic carbocycles. The van der Waals surface area contributed by atoms with E-state index in [1.54, 1.807) is 0 Å². The number of hydrogen-bond acceptors (Lipinski definition) is 7. The van der Waals surface area contributed by atoms with Crippen molar-refractivity contribution in [3.8, 4) is 0 Å². The van der Waals surface area contributed by atoms with Crippen LogP contribution >= 0.6 is 0 Å². The highest BCUT2D eigenvalue weighted by molar-refractivity contribution is 5.87. The smallest absolute Gasteiger partial charge is 0.326 e. The van der Waals surface area contributed by atoms with E-state index in [1.165, 1.54) is 0 Å². The SMILES string of the molecule is CC(CCC(=O)NCC(=O)NC(CCCN=C(N)N)C(=O)O)C1CCC2C3C(O)CC4CC(O)CCC4(C)C3CC(O)C12C. The Morgan fingerprint density at radius 1 is 0.977 bits per heavy atom. The van der Waals surface area contributed by atoms with Crippen molar-refractivity contribution in [2.75, 3.05) is 13.1 Å². The van der Waals surface area contributed by atoms with Gasteiger partial charge in [0.2, 0.25) is 11.8 Å². The molecule has 0 aliphatic heterocycles. The Kier molecular flexibility index (Phi) is 10.9. The minimum absolute atomic E-state index is 0.0254. The van der Waals surface area contributed by atoms with Crippen molar-refractivity contribution in [2.24, 2.45) is 62.8 Å². The van der Waals surface area contributed by atoms with Gasteiger partial charge in [0.1, 0.15) is 6.04 Å². The van der Waals surface area contributed by atoms with E-state index in [2.05, 4.69) is 36.4 Å². The minimum Gasteiger partial charge on any atom is -0.480 e. The van der Waals surface area contributed by atoms with Crippen molar-refractivity contribution in [1.29, 1.82) is 0 Å². The number of hydrogen-bond donors (Lipinski definition) is 8. The number of aliphatic hydroxyl groups excluding tert-OH is 3. The molecule has 12 heteroatoms. The fourth-order valence-corrected chi connectivity index (χ4v) is 9.97. The number of fused-ring (bicyclic) bond motifs is 5. The largest absolute Gasteiger partial charge is 0.480 e. The van der Waals surface area contributed by atoms with Crippen LogP contribution in [-0.4, -0.2) is 81.6 Å². The highest BCUT2D eigenvalue weighted by Crippen LogP contribution is 2.68. The Morgan fingerprint density at radius 2 is 1.70 bits per heavy atom. The zero-order valence-electron chi connectivity index (χ0n) is 26.6. The monoisotopic (exact) mass is 621 g/mol. The number of nitrogens with one attached hydrogen (secondary N) is 2. The molecule has 0 saturated heterocycles. The number of amides is 2. The number of carbonyl (C=O) groups excluding carboxylic acids is 2. The van der Waals surface area contributed by atoms with Crippen LogP contribution in [0.2, 0.25) is 0 Å². The molecule has 0 radical (unpaired) electrons. The van der Waals surface area contributed by atoms with E-state index in [-0.39, 0.29) is 90.2 Å². The summed E-state index contributed by atoms with van der Waals surface area (Å²) in [5, 5.41) is 48.0. The molecule has 10 N–H and O–H groups in total. The van der Waals surface area contributed by atoms with Crippen LogP contribution in [0, 0.1) is 46.3 Å². The van der Waals surface area contributed by atoms with E-state index in [0.717, 1.165) is 38.5 Å². The lowest BCUT2D eigenvalue weighted by atomic mass is 9.43. The molecular formula is C32H55N5O7. The molecule has 0 aromatic carbocycles.